The van der Waals surface area contributed by atoms with E-state index in [9.17, 15) is 9.59 Å². The van der Waals surface area contributed by atoms with Crippen LogP contribution in [0.25, 0.3) is 0 Å². The van der Waals surface area contributed by atoms with Gasteiger partial charge in [0.2, 0.25) is 5.91 Å². The quantitative estimate of drug-likeness (QED) is 0.315. The van der Waals surface area contributed by atoms with Gasteiger partial charge in [-0.1, -0.05) is 54.4 Å². The summed E-state index contributed by atoms with van der Waals surface area (Å²) in [5.74, 6) is -0.423. The van der Waals surface area contributed by atoms with Crippen LogP contribution in [0.4, 0.5) is 11.4 Å². The van der Waals surface area contributed by atoms with Crippen molar-refractivity contribution in [3.05, 3.63) is 82.3 Å². The monoisotopic (exact) mass is 540 g/mol. The summed E-state index contributed by atoms with van der Waals surface area (Å²) in [7, 11) is 0. The van der Waals surface area contributed by atoms with Gasteiger partial charge in [-0.15, -0.1) is 0 Å². The fraction of sp³-hybridized carbons (Fsp3) is 0.286. The third-order valence-corrected chi connectivity index (χ3v) is 7.10. The van der Waals surface area contributed by atoms with E-state index in [2.05, 4.69) is 0 Å². The lowest BCUT2D eigenvalue weighted by molar-refractivity contribution is -0.126. The standard InChI is InChI=1S/C28H26Cl2N2O5/c1-3-14-36-22-13-10-17(15-23(22)35-4-2)25-24-26(37-32(25)18-8-6-5-7-9-18)28(34)31(27(24)33)19-11-12-20(29)21(30)16-19/h5-13,15-16,24-26H,3-4,14H2,1-2H3/t24-,25+,26-/m0/s1. The first kappa shape index (κ1) is 25.4. The summed E-state index contributed by atoms with van der Waals surface area (Å²) in [5, 5.41) is 2.24. The van der Waals surface area contributed by atoms with Gasteiger partial charge in [0, 0.05) is 0 Å². The third kappa shape index (κ3) is 4.63. The molecule has 0 unspecified atom stereocenters. The minimum absolute atomic E-state index is 0.254. The van der Waals surface area contributed by atoms with E-state index in [0.29, 0.717) is 35.4 Å². The Kier molecular flexibility index (Phi) is 7.29. The summed E-state index contributed by atoms with van der Waals surface area (Å²) >= 11 is 12.2. The van der Waals surface area contributed by atoms with E-state index in [-0.39, 0.29) is 10.9 Å². The van der Waals surface area contributed by atoms with E-state index in [1.807, 2.05) is 62.4 Å². The van der Waals surface area contributed by atoms with Crippen LogP contribution in [0.2, 0.25) is 10.0 Å². The number of para-hydroxylation sites is 1. The summed E-state index contributed by atoms with van der Waals surface area (Å²) in [5.41, 5.74) is 1.85. The lowest BCUT2D eigenvalue weighted by atomic mass is 9.90. The molecule has 0 aliphatic carbocycles. The SMILES string of the molecule is CCCOc1ccc([C@@H]2[C@@H]3C(=O)N(c4ccc(Cl)c(Cl)c4)C(=O)[C@H]3ON2c2ccccc2)cc1OCC. The van der Waals surface area contributed by atoms with Crippen LogP contribution in [0.3, 0.4) is 0 Å². The van der Waals surface area contributed by atoms with E-state index >= 15 is 0 Å². The van der Waals surface area contributed by atoms with Crippen molar-refractivity contribution in [2.45, 2.75) is 32.4 Å². The van der Waals surface area contributed by atoms with Gasteiger partial charge in [0.15, 0.2) is 17.6 Å². The maximum atomic E-state index is 13.8. The number of benzene rings is 3. The summed E-state index contributed by atoms with van der Waals surface area (Å²) in [6.45, 7) is 4.93. The number of halogens is 2. The van der Waals surface area contributed by atoms with Crippen molar-refractivity contribution in [2.75, 3.05) is 23.2 Å². The average Bonchev–Trinajstić information content (AvgIpc) is 3.41. The molecular formula is C28H26Cl2N2O5. The topological polar surface area (TPSA) is 68.3 Å². The van der Waals surface area contributed by atoms with Crippen molar-refractivity contribution >= 4 is 46.4 Å². The van der Waals surface area contributed by atoms with Crippen molar-refractivity contribution < 1.29 is 23.9 Å². The Bertz CT molecular complexity index is 1320. The molecule has 3 atom stereocenters. The molecule has 0 aromatic heterocycles. The molecule has 3 aromatic rings. The van der Waals surface area contributed by atoms with Crippen LogP contribution in [0.15, 0.2) is 66.7 Å². The number of fused-ring (bicyclic) bond motifs is 1. The first-order chi connectivity index (χ1) is 17.9. The molecule has 0 N–H and O–H groups in total. The molecule has 7 nitrogen and oxygen atoms in total. The Labute approximate surface area is 225 Å². The van der Waals surface area contributed by atoms with E-state index in [1.165, 1.54) is 6.07 Å². The molecule has 2 aliphatic rings. The molecule has 9 heteroatoms. The number of imide groups is 1. The number of rotatable bonds is 8. The second-order valence-electron chi connectivity index (χ2n) is 8.76. The zero-order valence-corrected chi connectivity index (χ0v) is 21.9. The number of nitrogens with zero attached hydrogens (tertiary/aromatic N) is 2. The average molecular weight is 541 g/mol. The van der Waals surface area contributed by atoms with Crippen molar-refractivity contribution in [3.8, 4) is 11.5 Å². The van der Waals surface area contributed by atoms with Crippen LogP contribution < -0.4 is 19.4 Å². The Hall–Kier alpha value is -3.26. The van der Waals surface area contributed by atoms with Crippen LogP contribution in [0.5, 0.6) is 11.5 Å². The highest BCUT2D eigenvalue weighted by Crippen LogP contribution is 2.49. The Morgan fingerprint density at radius 2 is 1.62 bits per heavy atom. The van der Waals surface area contributed by atoms with Gasteiger partial charge in [-0.2, -0.15) is 0 Å². The molecule has 2 amide bonds. The van der Waals surface area contributed by atoms with Crippen LogP contribution in [0, 0.1) is 5.92 Å². The largest absolute Gasteiger partial charge is 0.490 e. The number of anilines is 2. The van der Waals surface area contributed by atoms with Crippen molar-refractivity contribution in [1.82, 2.24) is 0 Å². The van der Waals surface area contributed by atoms with E-state index in [0.717, 1.165) is 22.6 Å². The molecule has 5 rings (SSSR count). The van der Waals surface area contributed by atoms with Gasteiger partial charge in [0.1, 0.15) is 5.92 Å². The molecule has 0 spiro atoms. The lowest BCUT2D eigenvalue weighted by Gasteiger charge is -2.29. The summed E-state index contributed by atoms with van der Waals surface area (Å²) in [4.78, 5) is 34.7. The molecule has 3 aromatic carbocycles. The minimum atomic E-state index is -1.00. The first-order valence-electron chi connectivity index (χ1n) is 12.2. The molecule has 37 heavy (non-hydrogen) atoms. The molecule has 0 radical (unpaired) electrons. The second-order valence-corrected chi connectivity index (χ2v) is 9.57. The van der Waals surface area contributed by atoms with Crippen molar-refractivity contribution in [2.24, 2.45) is 5.92 Å². The maximum absolute atomic E-state index is 13.8. The van der Waals surface area contributed by atoms with E-state index < -0.39 is 24.0 Å². The van der Waals surface area contributed by atoms with E-state index in [1.54, 1.807) is 17.2 Å². The Balaban J connectivity index is 1.57. The van der Waals surface area contributed by atoms with Crippen LogP contribution in [-0.4, -0.2) is 31.1 Å². The fourth-order valence-electron chi connectivity index (χ4n) is 4.74. The molecule has 0 bridgehead atoms. The van der Waals surface area contributed by atoms with E-state index in [4.69, 9.17) is 37.5 Å². The van der Waals surface area contributed by atoms with Crippen molar-refractivity contribution in [1.29, 1.82) is 0 Å². The molecule has 0 saturated carbocycles. The molecular weight excluding hydrogens is 515 g/mol. The number of hydrogen-bond acceptors (Lipinski definition) is 6. The predicted molar refractivity (Wildman–Crippen MR) is 142 cm³/mol. The molecule has 2 fully saturated rings. The number of carbonyl (C=O) groups excluding carboxylic acids is 2. The van der Waals surface area contributed by atoms with Crippen LogP contribution in [-0.2, 0) is 14.4 Å². The number of hydrogen-bond donors (Lipinski definition) is 0. The maximum Gasteiger partial charge on any atom is 0.266 e. The number of carbonyl (C=O) groups is 2. The fourth-order valence-corrected chi connectivity index (χ4v) is 5.03. The van der Waals surface area contributed by atoms with Gasteiger partial charge < -0.3 is 9.47 Å². The van der Waals surface area contributed by atoms with Gasteiger partial charge in [0.25, 0.3) is 5.91 Å². The third-order valence-electron chi connectivity index (χ3n) is 6.36. The highest BCUT2D eigenvalue weighted by Gasteiger charge is 2.60. The normalized spacial score (nSPS) is 20.9. The zero-order valence-electron chi connectivity index (χ0n) is 20.4. The number of hydroxylamine groups is 1. The van der Waals surface area contributed by atoms with Gasteiger partial charge >= 0.3 is 0 Å². The van der Waals surface area contributed by atoms with Crippen LogP contribution in [0.1, 0.15) is 31.9 Å². The highest BCUT2D eigenvalue weighted by molar-refractivity contribution is 6.42. The molecule has 2 heterocycles. The molecule has 2 aliphatic heterocycles. The molecule has 192 valence electrons. The Morgan fingerprint density at radius 1 is 0.838 bits per heavy atom. The summed E-state index contributed by atoms with van der Waals surface area (Å²) in [6.07, 6.45) is -0.144. The lowest BCUT2D eigenvalue weighted by Crippen LogP contribution is -2.37. The zero-order chi connectivity index (χ0) is 26.1. The van der Waals surface area contributed by atoms with Crippen molar-refractivity contribution in [3.63, 3.8) is 0 Å². The summed E-state index contributed by atoms with van der Waals surface area (Å²) < 4.78 is 11.7. The summed E-state index contributed by atoms with van der Waals surface area (Å²) in [6, 6.07) is 19.1. The van der Waals surface area contributed by atoms with Gasteiger partial charge in [-0.3, -0.25) is 14.4 Å². The second kappa shape index (κ2) is 10.6. The smallest absolute Gasteiger partial charge is 0.266 e. The Morgan fingerprint density at radius 3 is 2.32 bits per heavy atom. The first-order valence-corrected chi connectivity index (χ1v) is 12.9. The van der Waals surface area contributed by atoms with Gasteiger partial charge in [-0.25, -0.2) is 9.96 Å². The number of ether oxygens (including phenoxy) is 2. The number of amides is 2. The van der Waals surface area contributed by atoms with Gasteiger partial charge in [-0.05, 0) is 61.4 Å². The molecule has 2 saturated heterocycles. The minimum Gasteiger partial charge on any atom is -0.490 e. The van der Waals surface area contributed by atoms with Crippen LogP contribution >= 0.6 is 23.2 Å². The predicted octanol–water partition coefficient (Wildman–Crippen LogP) is 6.23. The van der Waals surface area contributed by atoms with Gasteiger partial charge in [0.05, 0.1) is 40.7 Å². The highest BCUT2D eigenvalue weighted by atomic mass is 35.5.